The molecule has 0 aliphatic heterocycles. The molecule has 0 spiro atoms. The van der Waals surface area contributed by atoms with Gasteiger partial charge in [0, 0.05) is 18.9 Å². The molecule has 0 atom stereocenters. The molecular formula is C20H22N4O2S. The van der Waals surface area contributed by atoms with Gasteiger partial charge in [-0.05, 0) is 35.6 Å². The summed E-state index contributed by atoms with van der Waals surface area (Å²) in [6, 6.07) is 12.2. The van der Waals surface area contributed by atoms with Gasteiger partial charge in [0.25, 0.3) is 5.22 Å². The van der Waals surface area contributed by atoms with E-state index in [4.69, 9.17) is 4.42 Å². The molecule has 6 nitrogen and oxygen atoms in total. The van der Waals surface area contributed by atoms with E-state index in [9.17, 15) is 4.79 Å². The molecule has 0 bridgehead atoms. The van der Waals surface area contributed by atoms with Crippen molar-refractivity contribution in [1.29, 1.82) is 0 Å². The third-order valence-corrected chi connectivity index (χ3v) is 4.84. The Morgan fingerprint density at radius 2 is 2.00 bits per heavy atom. The summed E-state index contributed by atoms with van der Waals surface area (Å²) in [7, 11) is 0. The highest BCUT2D eigenvalue weighted by Gasteiger charge is 2.11. The van der Waals surface area contributed by atoms with Crippen LogP contribution in [0, 0.1) is 0 Å². The minimum absolute atomic E-state index is 0.0556. The number of aromatic nitrogens is 3. The number of hydrogen-bond donors (Lipinski definition) is 1. The highest BCUT2D eigenvalue weighted by molar-refractivity contribution is 7.99. The SMILES string of the molecule is CC(C)c1ccc(CCNC(=O)CSc2nnc(-c3cccnc3)o2)cc1. The summed E-state index contributed by atoms with van der Waals surface area (Å²) in [4.78, 5) is 16.0. The standard InChI is InChI=1S/C20H22N4O2S/c1-14(2)16-7-5-15(6-8-16)9-11-22-18(25)13-27-20-24-23-19(26-20)17-4-3-10-21-12-17/h3-8,10,12,14H,9,11,13H2,1-2H3,(H,22,25). The summed E-state index contributed by atoms with van der Waals surface area (Å²) < 4.78 is 5.55. The number of thioether (sulfide) groups is 1. The van der Waals surface area contributed by atoms with Crippen molar-refractivity contribution in [2.24, 2.45) is 0 Å². The van der Waals surface area contributed by atoms with Crippen molar-refractivity contribution in [3.05, 3.63) is 59.9 Å². The molecule has 7 heteroatoms. The van der Waals surface area contributed by atoms with Crippen LogP contribution in [0.15, 0.2) is 58.4 Å². The highest BCUT2D eigenvalue weighted by Crippen LogP contribution is 2.22. The van der Waals surface area contributed by atoms with E-state index in [0.717, 1.165) is 12.0 Å². The van der Waals surface area contributed by atoms with E-state index in [1.165, 1.54) is 22.9 Å². The van der Waals surface area contributed by atoms with Crippen molar-refractivity contribution in [1.82, 2.24) is 20.5 Å². The molecule has 3 rings (SSSR count). The molecule has 0 unspecified atom stereocenters. The average Bonchev–Trinajstić information content (AvgIpc) is 3.16. The number of benzene rings is 1. The Hall–Kier alpha value is -2.67. The normalized spacial score (nSPS) is 10.9. The minimum Gasteiger partial charge on any atom is -0.411 e. The first kappa shape index (κ1) is 19.1. The molecule has 2 aromatic heterocycles. The smallest absolute Gasteiger partial charge is 0.277 e. The number of amides is 1. The van der Waals surface area contributed by atoms with Gasteiger partial charge < -0.3 is 9.73 Å². The topological polar surface area (TPSA) is 80.9 Å². The average molecular weight is 382 g/mol. The molecule has 0 aliphatic rings. The molecule has 1 N–H and O–H groups in total. The summed E-state index contributed by atoms with van der Waals surface area (Å²) >= 11 is 1.22. The van der Waals surface area contributed by atoms with Crippen LogP contribution < -0.4 is 5.32 Å². The first-order valence-corrected chi connectivity index (χ1v) is 9.82. The van der Waals surface area contributed by atoms with Gasteiger partial charge in [-0.1, -0.05) is 49.9 Å². The third-order valence-electron chi connectivity index (χ3n) is 4.02. The van der Waals surface area contributed by atoms with Crippen LogP contribution in [0.2, 0.25) is 0 Å². The Morgan fingerprint density at radius 1 is 1.19 bits per heavy atom. The monoisotopic (exact) mass is 382 g/mol. The number of nitrogens with zero attached hydrogens (tertiary/aromatic N) is 3. The number of hydrogen-bond acceptors (Lipinski definition) is 6. The van der Waals surface area contributed by atoms with Gasteiger partial charge in [0.2, 0.25) is 11.8 Å². The van der Waals surface area contributed by atoms with Crippen molar-refractivity contribution < 1.29 is 9.21 Å². The summed E-state index contributed by atoms with van der Waals surface area (Å²) in [5, 5.41) is 11.2. The quantitative estimate of drug-likeness (QED) is 0.598. The summed E-state index contributed by atoms with van der Waals surface area (Å²) in [6.45, 7) is 4.96. The van der Waals surface area contributed by atoms with Crippen molar-refractivity contribution in [2.75, 3.05) is 12.3 Å². The Morgan fingerprint density at radius 3 is 2.70 bits per heavy atom. The van der Waals surface area contributed by atoms with Gasteiger partial charge >= 0.3 is 0 Å². The zero-order chi connectivity index (χ0) is 19.1. The maximum atomic E-state index is 12.0. The van der Waals surface area contributed by atoms with Crippen LogP contribution in [0.3, 0.4) is 0 Å². The summed E-state index contributed by atoms with van der Waals surface area (Å²) in [6.07, 6.45) is 4.14. The van der Waals surface area contributed by atoms with Gasteiger partial charge in [-0.15, -0.1) is 10.2 Å². The third kappa shape index (κ3) is 5.65. The second kappa shape index (κ2) is 9.32. The van der Waals surface area contributed by atoms with Crippen molar-refractivity contribution in [3.8, 4) is 11.5 Å². The largest absolute Gasteiger partial charge is 0.411 e. The number of carbonyl (C=O) groups is 1. The Labute approximate surface area is 162 Å². The number of pyridine rings is 1. The maximum Gasteiger partial charge on any atom is 0.277 e. The molecule has 27 heavy (non-hydrogen) atoms. The Kier molecular flexibility index (Phi) is 6.59. The lowest BCUT2D eigenvalue weighted by atomic mass is 10.0. The van der Waals surface area contributed by atoms with Gasteiger partial charge in [-0.3, -0.25) is 9.78 Å². The molecule has 0 radical (unpaired) electrons. The molecule has 0 saturated carbocycles. The molecule has 140 valence electrons. The van der Waals surface area contributed by atoms with Crippen LogP contribution in [0.5, 0.6) is 0 Å². The van der Waals surface area contributed by atoms with Crippen LogP contribution in [0.1, 0.15) is 30.9 Å². The summed E-state index contributed by atoms with van der Waals surface area (Å²) in [5.74, 6) is 1.11. The first-order chi connectivity index (χ1) is 13.1. The lowest BCUT2D eigenvalue weighted by Crippen LogP contribution is -2.27. The number of rotatable bonds is 8. The van der Waals surface area contributed by atoms with Gasteiger partial charge in [0.15, 0.2) is 0 Å². The van der Waals surface area contributed by atoms with Crippen molar-refractivity contribution in [2.45, 2.75) is 31.4 Å². The van der Waals surface area contributed by atoms with Crippen molar-refractivity contribution >= 4 is 17.7 Å². The predicted octanol–water partition coefficient (Wildman–Crippen LogP) is 3.71. The zero-order valence-electron chi connectivity index (χ0n) is 15.4. The van der Waals surface area contributed by atoms with E-state index in [1.807, 2.05) is 6.07 Å². The fourth-order valence-corrected chi connectivity index (χ4v) is 3.06. The maximum absolute atomic E-state index is 12.0. The van der Waals surface area contributed by atoms with Crippen LogP contribution in [-0.2, 0) is 11.2 Å². The molecule has 0 fully saturated rings. The Balaban J connectivity index is 1.40. The fourth-order valence-electron chi connectivity index (χ4n) is 2.47. The van der Waals surface area contributed by atoms with Gasteiger partial charge in [-0.25, -0.2) is 0 Å². The van der Waals surface area contributed by atoms with Crippen LogP contribution in [-0.4, -0.2) is 33.4 Å². The van der Waals surface area contributed by atoms with Crippen LogP contribution in [0.25, 0.3) is 11.5 Å². The van der Waals surface area contributed by atoms with E-state index in [0.29, 0.717) is 23.6 Å². The molecule has 3 aromatic rings. The van der Waals surface area contributed by atoms with E-state index in [-0.39, 0.29) is 11.7 Å². The highest BCUT2D eigenvalue weighted by atomic mass is 32.2. The van der Waals surface area contributed by atoms with Crippen LogP contribution in [0.4, 0.5) is 0 Å². The van der Waals surface area contributed by atoms with Gasteiger partial charge in [0.05, 0.1) is 11.3 Å². The van der Waals surface area contributed by atoms with Crippen LogP contribution >= 0.6 is 11.8 Å². The van der Waals surface area contributed by atoms with Crippen molar-refractivity contribution in [3.63, 3.8) is 0 Å². The molecule has 1 amide bonds. The van der Waals surface area contributed by atoms with Gasteiger partial charge in [-0.2, -0.15) is 0 Å². The molecule has 1 aromatic carbocycles. The lowest BCUT2D eigenvalue weighted by molar-refractivity contribution is -0.118. The van der Waals surface area contributed by atoms with E-state index < -0.39 is 0 Å². The number of nitrogens with one attached hydrogen (secondary N) is 1. The van der Waals surface area contributed by atoms with E-state index in [1.54, 1.807) is 18.5 Å². The molecular weight excluding hydrogens is 360 g/mol. The minimum atomic E-state index is -0.0556. The molecule has 0 aliphatic carbocycles. The predicted molar refractivity (Wildman–Crippen MR) is 105 cm³/mol. The number of carbonyl (C=O) groups excluding carboxylic acids is 1. The van der Waals surface area contributed by atoms with Gasteiger partial charge in [0.1, 0.15) is 0 Å². The molecule has 2 heterocycles. The van der Waals surface area contributed by atoms with E-state index in [2.05, 4.69) is 58.6 Å². The lowest BCUT2D eigenvalue weighted by Gasteiger charge is -2.07. The van der Waals surface area contributed by atoms with E-state index >= 15 is 0 Å². The second-order valence-electron chi connectivity index (χ2n) is 6.40. The Bertz CT molecular complexity index is 863. The second-order valence-corrected chi connectivity index (χ2v) is 7.33. The fraction of sp³-hybridized carbons (Fsp3) is 0.300. The zero-order valence-corrected chi connectivity index (χ0v) is 16.2. The summed E-state index contributed by atoms with van der Waals surface area (Å²) in [5.41, 5.74) is 3.29. The first-order valence-electron chi connectivity index (χ1n) is 8.84. The molecule has 0 saturated heterocycles.